The molecule has 1 aliphatic heterocycles. The van der Waals surface area contributed by atoms with Crippen LogP contribution in [0, 0.1) is 5.92 Å². The third kappa shape index (κ3) is 4.81. The van der Waals surface area contributed by atoms with Gasteiger partial charge in [-0.2, -0.15) is 0 Å². The summed E-state index contributed by atoms with van der Waals surface area (Å²) in [6, 6.07) is 13.7. The van der Waals surface area contributed by atoms with Gasteiger partial charge in [0.2, 0.25) is 0 Å². The molecule has 0 spiro atoms. The fraction of sp³-hybridized carbons (Fsp3) is 0.429. The van der Waals surface area contributed by atoms with E-state index in [2.05, 4.69) is 13.8 Å². The molecule has 4 rings (SSSR count). The minimum Gasteiger partial charge on any atom is -0.507 e. The Kier molecular flexibility index (Phi) is 7.25. The summed E-state index contributed by atoms with van der Waals surface area (Å²) in [6.45, 7) is 4.74. The van der Waals surface area contributed by atoms with Crippen LogP contribution in [0.3, 0.4) is 0 Å². The van der Waals surface area contributed by atoms with Gasteiger partial charge in [-0.1, -0.05) is 45.2 Å². The highest BCUT2D eigenvalue weighted by molar-refractivity contribution is 6.46. The number of carbonyl (C=O) groups is 2. The molecule has 1 N–H and O–H groups in total. The standard InChI is InChI=1S/C28H33NO5/c1-18(2)17-34-22-14-12-19(13-15-22)26(30)24-25(20-8-7-11-23(16-20)33-3)29(28(32)27(24)31)21-9-5-4-6-10-21/h7-8,11-16,18,21,25,30H,4-6,9-10,17H2,1-3H3/b26-24-. The number of hydrogen-bond acceptors (Lipinski definition) is 5. The lowest BCUT2D eigenvalue weighted by molar-refractivity contribution is -0.141. The maximum atomic E-state index is 13.3. The second kappa shape index (κ2) is 10.3. The highest BCUT2D eigenvalue weighted by Gasteiger charge is 2.48. The monoisotopic (exact) mass is 463 g/mol. The lowest BCUT2D eigenvalue weighted by Crippen LogP contribution is -2.40. The van der Waals surface area contributed by atoms with Crippen LogP contribution in [0.5, 0.6) is 11.5 Å². The van der Waals surface area contributed by atoms with E-state index in [0.717, 1.165) is 37.7 Å². The van der Waals surface area contributed by atoms with Crippen molar-refractivity contribution in [2.45, 2.75) is 58.0 Å². The summed E-state index contributed by atoms with van der Waals surface area (Å²) in [6.07, 6.45) is 4.90. The fourth-order valence-electron chi connectivity index (χ4n) is 4.85. The molecule has 0 aromatic heterocycles. The van der Waals surface area contributed by atoms with Crippen LogP contribution in [0.15, 0.2) is 54.1 Å². The summed E-state index contributed by atoms with van der Waals surface area (Å²) in [5.41, 5.74) is 1.36. The lowest BCUT2D eigenvalue weighted by Gasteiger charge is -2.35. The smallest absolute Gasteiger partial charge is 0.295 e. The van der Waals surface area contributed by atoms with E-state index in [4.69, 9.17) is 9.47 Å². The average molecular weight is 464 g/mol. The molecule has 180 valence electrons. The van der Waals surface area contributed by atoms with Gasteiger partial charge >= 0.3 is 0 Å². The first-order valence-electron chi connectivity index (χ1n) is 12.1. The van der Waals surface area contributed by atoms with Crippen molar-refractivity contribution >= 4 is 17.4 Å². The number of rotatable bonds is 7. The molecule has 1 saturated carbocycles. The summed E-state index contributed by atoms with van der Waals surface area (Å²) in [5.74, 6) is 0.372. The number of aliphatic hydroxyl groups is 1. The quantitative estimate of drug-likeness (QED) is 0.334. The van der Waals surface area contributed by atoms with Gasteiger partial charge in [-0.05, 0) is 60.7 Å². The van der Waals surface area contributed by atoms with Crippen LogP contribution in [0.1, 0.15) is 63.1 Å². The molecule has 6 nitrogen and oxygen atoms in total. The summed E-state index contributed by atoms with van der Waals surface area (Å²) in [5, 5.41) is 11.3. The molecule has 1 atom stereocenters. The number of likely N-dealkylation sites (tertiary alicyclic amines) is 1. The van der Waals surface area contributed by atoms with Gasteiger partial charge in [-0.3, -0.25) is 9.59 Å². The van der Waals surface area contributed by atoms with Crippen LogP contribution in [-0.2, 0) is 9.59 Å². The second-order valence-corrected chi connectivity index (χ2v) is 9.50. The molecule has 0 radical (unpaired) electrons. The lowest BCUT2D eigenvalue weighted by atomic mass is 9.91. The van der Waals surface area contributed by atoms with Crippen LogP contribution in [0.2, 0.25) is 0 Å². The molecule has 0 bridgehead atoms. The summed E-state index contributed by atoms with van der Waals surface area (Å²) >= 11 is 0. The fourth-order valence-corrected chi connectivity index (χ4v) is 4.85. The van der Waals surface area contributed by atoms with Crippen LogP contribution in [0.4, 0.5) is 0 Å². The van der Waals surface area contributed by atoms with Gasteiger partial charge in [0.25, 0.3) is 11.7 Å². The highest BCUT2D eigenvalue weighted by Crippen LogP contribution is 2.43. The molecular formula is C28H33NO5. The van der Waals surface area contributed by atoms with E-state index in [1.807, 2.05) is 24.3 Å². The number of aliphatic hydroxyl groups excluding tert-OH is 1. The third-order valence-corrected chi connectivity index (χ3v) is 6.57. The first-order valence-corrected chi connectivity index (χ1v) is 12.1. The molecular weight excluding hydrogens is 430 g/mol. The normalized spacial score (nSPS) is 20.7. The molecule has 6 heteroatoms. The van der Waals surface area contributed by atoms with Crippen LogP contribution < -0.4 is 9.47 Å². The Hall–Kier alpha value is -3.28. The Morgan fingerprint density at radius 2 is 1.74 bits per heavy atom. The Labute approximate surface area is 201 Å². The molecule has 2 aromatic carbocycles. The maximum absolute atomic E-state index is 13.3. The molecule has 2 aliphatic rings. The predicted octanol–water partition coefficient (Wildman–Crippen LogP) is 5.48. The summed E-state index contributed by atoms with van der Waals surface area (Å²) in [7, 11) is 1.58. The van der Waals surface area contributed by atoms with Gasteiger partial charge in [-0.15, -0.1) is 0 Å². The first kappa shape index (κ1) is 23.9. The predicted molar refractivity (Wildman–Crippen MR) is 131 cm³/mol. The number of methoxy groups -OCH3 is 1. The minimum absolute atomic E-state index is 0.0292. The van der Waals surface area contributed by atoms with Crippen molar-refractivity contribution in [1.29, 1.82) is 0 Å². The van der Waals surface area contributed by atoms with Gasteiger partial charge in [0, 0.05) is 11.6 Å². The van der Waals surface area contributed by atoms with Crippen molar-refractivity contribution in [3.63, 3.8) is 0 Å². The molecule has 1 aliphatic carbocycles. The minimum atomic E-state index is -0.657. The molecule has 1 saturated heterocycles. The highest BCUT2D eigenvalue weighted by atomic mass is 16.5. The van der Waals surface area contributed by atoms with Gasteiger partial charge in [0.05, 0.1) is 25.3 Å². The SMILES string of the molecule is COc1cccc(C2/C(=C(/O)c3ccc(OCC(C)C)cc3)C(=O)C(=O)N2C2CCCCC2)c1. The van der Waals surface area contributed by atoms with E-state index < -0.39 is 17.7 Å². The number of ether oxygens (including phenoxy) is 2. The average Bonchev–Trinajstić information content (AvgIpc) is 3.13. The van der Waals surface area contributed by atoms with Crippen LogP contribution in [0.25, 0.3) is 5.76 Å². The van der Waals surface area contributed by atoms with Crippen molar-refractivity contribution in [3.05, 3.63) is 65.2 Å². The van der Waals surface area contributed by atoms with E-state index in [-0.39, 0.29) is 17.4 Å². The maximum Gasteiger partial charge on any atom is 0.295 e. The van der Waals surface area contributed by atoms with Crippen molar-refractivity contribution < 1.29 is 24.2 Å². The molecule has 2 aromatic rings. The Bertz CT molecular complexity index is 1070. The Morgan fingerprint density at radius 1 is 1.03 bits per heavy atom. The molecule has 1 heterocycles. The molecule has 2 fully saturated rings. The van der Waals surface area contributed by atoms with E-state index in [1.54, 1.807) is 36.3 Å². The first-order chi connectivity index (χ1) is 16.4. The van der Waals surface area contributed by atoms with Crippen molar-refractivity contribution in [3.8, 4) is 11.5 Å². The van der Waals surface area contributed by atoms with Gasteiger partial charge < -0.3 is 19.5 Å². The number of Topliss-reactive ketones (excluding diaryl/α,β-unsaturated/α-hetero) is 1. The number of ketones is 1. The summed E-state index contributed by atoms with van der Waals surface area (Å²) in [4.78, 5) is 28.3. The largest absolute Gasteiger partial charge is 0.507 e. The van der Waals surface area contributed by atoms with Crippen LogP contribution >= 0.6 is 0 Å². The van der Waals surface area contributed by atoms with Crippen molar-refractivity contribution in [2.75, 3.05) is 13.7 Å². The molecule has 1 amide bonds. The Balaban J connectivity index is 1.77. The van der Waals surface area contributed by atoms with E-state index in [0.29, 0.717) is 29.6 Å². The number of benzene rings is 2. The zero-order valence-corrected chi connectivity index (χ0v) is 20.1. The van der Waals surface area contributed by atoms with Crippen LogP contribution in [-0.4, -0.2) is 41.5 Å². The van der Waals surface area contributed by atoms with E-state index in [1.165, 1.54) is 0 Å². The van der Waals surface area contributed by atoms with Gasteiger partial charge in [-0.25, -0.2) is 0 Å². The number of nitrogens with zero attached hydrogens (tertiary/aromatic N) is 1. The third-order valence-electron chi connectivity index (χ3n) is 6.57. The van der Waals surface area contributed by atoms with Gasteiger partial charge in [0.15, 0.2) is 0 Å². The zero-order valence-electron chi connectivity index (χ0n) is 20.1. The second-order valence-electron chi connectivity index (χ2n) is 9.50. The molecule has 34 heavy (non-hydrogen) atoms. The van der Waals surface area contributed by atoms with E-state index in [9.17, 15) is 14.7 Å². The Morgan fingerprint density at radius 3 is 2.38 bits per heavy atom. The van der Waals surface area contributed by atoms with Gasteiger partial charge in [0.1, 0.15) is 17.3 Å². The van der Waals surface area contributed by atoms with Crippen molar-refractivity contribution in [2.24, 2.45) is 5.92 Å². The molecule has 1 unspecified atom stereocenters. The number of hydrogen-bond donors (Lipinski definition) is 1. The number of amides is 1. The summed E-state index contributed by atoms with van der Waals surface area (Å²) < 4.78 is 11.1. The van der Waals surface area contributed by atoms with Crippen molar-refractivity contribution in [1.82, 2.24) is 4.90 Å². The topological polar surface area (TPSA) is 76.1 Å². The number of carbonyl (C=O) groups excluding carboxylic acids is 2. The zero-order chi connectivity index (χ0) is 24.2. The van der Waals surface area contributed by atoms with E-state index >= 15 is 0 Å².